The molecule has 7 rings (SSSR count). The predicted molar refractivity (Wildman–Crippen MR) is 153 cm³/mol. The summed E-state index contributed by atoms with van der Waals surface area (Å²) in [7, 11) is 0. The lowest BCUT2D eigenvalue weighted by molar-refractivity contribution is 1.18. The Morgan fingerprint density at radius 2 is 1.17 bits per heavy atom. The largest absolute Gasteiger partial charge is 0.356 e. The smallest absolute Gasteiger partial charge is 0.0542 e. The van der Waals surface area contributed by atoms with Crippen LogP contribution < -0.4 is 5.32 Å². The van der Waals surface area contributed by atoms with E-state index < -0.39 is 0 Å². The second-order valence-electron chi connectivity index (χ2n) is 9.19. The van der Waals surface area contributed by atoms with Crippen molar-refractivity contribution in [3.63, 3.8) is 0 Å². The normalized spacial score (nSPS) is 11.3. The van der Waals surface area contributed by atoms with E-state index in [1.54, 1.807) is 0 Å². The monoisotopic (exact) mass is 460 g/mol. The van der Waals surface area contributed by atoms with Gasteiger partial charge in [0.15, 0.2) is 0 Å². The van der Waals surface area contributed by atoms with Crippen LogP contribution in [0.4, 0.5) is 11.4 Å². The maximum absolute atomic E-state index is 3.55. The molecule has 0 saturated heterocycles. The number of nitrogens with one attached hydrogen (secondary N) is 1. The van der Waals surface area contributed by atoms with E-state index in [0.717, 1.165) is 17.1 Å². The molecule has 2 heteroatoms. The fraction of sp³-hybridized carbons (Fsp3) is 0. The van der Waals surface area contributed by atoms with Crippen LogP contribution in [0.3, 0.4) is 0 Å². The van der Waals surface area contributed by atoms with Gasteiger partial charge in [-0.15, -0.1) is 0 Å². The molecule has 170 valence electrons. The minimum atomic E-state index is 1.08. The molecule has 6 aromatic carbocycles. The first-order chi connectivity index (χ1) is 17.8. The standard InChI is InChI=1S/C34H24N2/c1-2-12-28(13-3-1)35-29-19-20-34-32(23-29)31-15-6-7-16-33(31)36(34)30-14-8-11-26(22-30)27-18-17-24-9-4-5-10-25(24)21-27/h1-23,35H. The van der Waals surface area contributed by atoms with Gasteiger partial charge in [-0.05, 0) is 76.5 Å². The van der Waals surface area contributed by atoms with Crippen molar-refractivity contribution in [2.24, 2.45) is 0 Å². The molecule has 0 saturated carbocycles. The highest BCUT2D eigenvalue weighted by atomic mass is 15.0. The molecule has 0 unspecified atom stereocenters. The maximum atomic E-state index is 3.55. The number of aromatic nitrogens is 1. The fourth-order valence-electron chi connectivity index (χ4n) is 5.21. The average Bonchev–Trinajstić information content (AvgIpc) is 3.27. The van der Waals surface area contributed by atoms with E-state index in [2.05, 4.69) is 143 Å². The van der Waals surface area contributed by atoms with Crippen LogP contribution >= 0.6 is 0 Å². The van der Waals surface area contributed by atoms with Crippen LogP contribution in [0, 0.1) is 0 Å². The quantitative estimate of drug-likeness (QED) is 0.277. The third kappa shape index (κ3) is 3.52. The van der Waals surface area contributed by atoms with Gasteiger partial charge in [0.2, 0.25) is 0 Å². The zero-order valence-corrected chi connectivity index (χ0v) is 19.7. The lowest BCUT2D eigenvalue weighted by Crippen LogP contribution is -1.95. The highest BCUT2D eigenvalue weighted by Gasteiger charge is 2.13. The summed E-state index contributed by atoms with van der Waals surface area (Å²) in [5, 5.41) is 8.56. The molecule has 0 spiro atoms. The first kappa shape index (κ1) is 20.5. The van der Waals surface area contributed by atoms with E-state index in [1.807, 2.05) is 6.07 Å². The van der Waals surface area contributed by atoms with Crippen LogP contribution in [-0.2, 0) is 0 Å². The zero-order chi connectivity index (χ0) is 23.9. The predicted octanol–water partition coefficient (Wildman–Crippen LogP) is 9.35. The Labute approximate surface area is 210 Å². The summed E-state index contributed by atoms with van der Waals surface area (Å²) in [6, 6.07) is 49.7. The Morgan fingerprint density at radius 1 is 0.417 bits per heavy atom. The number of benzene rings is 6. The molecule has 0 aliphatic rings. The molecule has 1 heterocycles. The van der Waals surface area contributed by atoms with Gasteiger partial charge in [0.1, 0.15) is 0 Å². The molecule has 36 heavy (non-hydrogen) atoms. The second kappa shape index (κ2) is 8.44. The number of para-hydroxylation sites is 2. The number of anilines is 2. The topological polar surface area (TPSA) is 17.0 Å². The molecule has 7 aromatic rings. The first-order valence-electron chi connectivity index (χ1n) is 12.3. The highest BCUT2D eigenvalue weighted by molar-refractivity contribution is 6.10. The van der Waals surface area contributed by atoms with Gasteiger partial charge < -0.3 is 9.88 Å². The molecule has 1 aromatic heterocycles. The summed E-state index contributed by atoms with van der Waals surface area (Å²) in [6.07, 6.45) is 0. The molecule has 0 radical (unpaired) electrons. The van der Waals surface area contributed by atoms with Crippen molar-refractivity contribution in [2.75, 3.05) is 5.32 Å². The van der Waals surface area contributed by atoms with Crippen LogP contribution in [-0.4, -0.2) is 4.57 Å². The third-order valence-corrected chi connectivity index (χ3v) is 6.92. The van der Waals surface area contributed by atoms with Gasteiger partial charge in [-0.1, -0.05) is 84.9 Å². The van der Waals surface area contributed by atoms with Crippen LogP contribution in [0.5, 0.6) is 0 Å². The van der Waals surface area contributed by atoms with Crippen molar-refractivity contribution in [1.82, 2.24) is 4.57 Å². The molecule has 0 bridgehead atoms. The molecular formula is C34H24N2. The van der Waals surface area contributed by atoms with E-state index >= 15 is 0 Å². The Balaban J connectivity index is 1.37. The van der Waals surface area contributed by atoms with Crippen molar-refractivity contribution in [1.29, 1.82) is 0 Å². The molecule has 0 amide bonds. The third-order valence-electron chi connectivity index (χ3n) is 6.92. The van der Waals surface area contributed by atoms with Gasteiger partial charge in [-0.2, -0.15) is 0 Å². The number of nitrogens with zero attached hydrogens (tertiary/aromatic N) is 1. The first-order valence-corrected chi connectivity index (χ1v) is 12.3. The molecule has 0 atom stereocenters. The fourth-order valence-corrected chi connectivity index (χ4v) is 5.21. The Hall–Kier alpha value is -4.82. The van der Waals surface area contributed by atoms with Crippen molar-refractivity contribution < 1.29 is 0 Å². The summed E-state index contributed by atoms with van der Waals surface area (Å²) < 4.78 is 2.38. The zero-order valence-electron chi connectivity index (χ0n) is 19.7. The van der Waals surface area contributed by atoms with Crippen LogP contribution in [0.2, 0.25) is 0 Å². The van der Waals surface area contributed by atoms with Crippen molar-refractivity contribution in [3.05, 3.63) is 140 Å². The summed E-state index contributed by atoms with van der Waals surface area (Å²) in [6.45, 7) is 0. The number of rotatable bonds is 4. The summed E-state index contributed by atoms with van der Waals surface area (Å²) in [4.78, 5) is 0. The second-order valence-corrected chi connectivity index (χ2v) is 9.19. The average molecular weight is 461 g/mol. The Morgan fingerprint density at radius 3 is 2.08 bits per heavy atom. The lowest BCUT2D eigenvalue weighted by Gasteiger charge is -2.11. The summed E-state index contributed by atoms with van der Waals surface area (Å²) in [5.74, 6) is 0. The van der Waals surface area contributed by atoms with Crippen LogP contribution in [0.25, 0.3) is 49.4 Å². The van der Waals surface area contributed by atoms with Gasteiger partial charge in [0.05, 0.1) is 11.0 Å². The van der Waals surface area contributed by atoms with Crippen molar-refractivity contribution >= 4 is 44.0 Å². The maximum Gasteiger partial charge on any atom is 0.0542 e. The molecular weight excluding hydrogens is 436 g/mol. The summed E-state index contributed by atoms with van der Waals surface area (Å²) in [5.41, 5.74) is 8.18. The molecule has 0 aliphatic carbocycles. The number of hydrogen-bond donors (Lipinski definition) is 1. The molecule has 0 fully saturated rings. The van der Waals surface area contributed by atoms with Gasteiger partial charge >= 0.3 is 0 Å². The summed E-state index contributed by atoms with van der Waals surface area (Å²) >= 11 is 0. The lowest BCUT2D eigenvalue weighted by atomic mass is 10.0. The van der Waals surface area contributed by atoms with Gasteiger partial charge in [0, 0.05) is 27.8 Å². The highest BCUT2D eigenvalue weighted by Crippen LogP contribution is 2.35. The minimum Gasteiger partial charge on any atom is -0.356 e. The van der Waals surface area contributed by atoms with E-state index in [4.69, 9.17) is 0 Å². The van der Waals surface area contributed by atoms with E-state index in [9.17, 15) is 0 Å². The molecule has 0 aliphatic heterocycles. The Kier molecular flexibility index (Phi) is 4.82. The Bertz CT molecular complexity index is 1860. The van der Waals surface area contributed by atoms with E-state index in [0.29, 0.717) is 0 Å². The van der Waals surface area contributed by atoms with Crippen LogP contribution in [0.1, 0.15) is 0 Å². The van der Waals surface area contributed by atoms with Gasteiger partial charge in [-0.3, -0.25) is 0 Å². The van der Waals surface area contributed by atoms with Crippen LogP contribution in [0.15, 0.2) is 140 Å². The van der Waals surface area contributed by atoms with E-state index in [1.165, 1.54) is 43.7 Å². The van der Waals surface area contributed by atoms with E-state index in [-0.39, 0.29) is 0 Å². The van der Waals surface area contributed by atoms with Crippen molar-refractivity contribution in [2.45, 2.75) is 0 Å². The number of hydrogen-bond acceptors (Lipinski definition) is 1. The molecule has 1 N–H and O–H groups in total. The SMILES string of the molecule is c1ccc(Nc2ccc3c(c2)c2ccccc2n3-c2cccc(-c3ccc4ccccc4c3)c2)cc1. The van der Waals surface area contributed by atoms with Gasteiger partial charge in [0.25, 0.3) is 0 Å². The van der Waals surface area contributed by atoms with Crippen molar-refractivity contribution in [3.8, 4) is 16.8 Å². The van der Waals surface area contributed by atoms with Gasteiger partial charge in [-0.25, -0.2) is 0 Å². The number of fused-ring (bicyclic) bond motifs is 4. The molecule has 2 nitrogen and oxygen atoms in total. The minimum absolute atomic E-state index is 1.08.